The van der Waals surface area contributed by atoms with Crippen LogP contribution in [0.4, 0.5) is 34.1 Å². The summed E-state index contributed by atoms with van der Waals surface area (Å²) in [4.78, 5) is 60.4. The zero-order valence-electron chi connectivity index (χ0n) is 30.5. The minimum absolute atomic E-state index is 0.183. The van der Waals surface area contributed by atoms with Crippen LogP contribution in [-0.2, 0) is 19.2 Å². The number of aryl methyl sites for hydroxylation is 2. The Balaban J connectivity index is 1.05. The van der Waals surface area contributed by atoms with Gasteiger partial charge in [0.2, 0.25) is 23.6 Å². The minimum atomic E-state index is -0.704. The molecule has 9 nitrogen and oxygen atoms in total. The number of allylic oxidation sites excluding steroid dienone is 2. The second-order valence-electron chi connectivity index (χ2n) is 15.1. The topological polar surface area (TPSA) is 119 Å². The van der Waals surface area contributed by atoms with Crippen molar-refractivity contribution in [2.24, 2.45) is 29.6 Å². The van der Waals surface area contributed by atoms with Crippen LogP contribution in [0, 0.1) is 43.4 Å². The number of hydrogen-bond donors (Lipinski definition) is 3. The fourth-order valence-electron chi connectivity index (χ4n) is 9.41. The van der Waals surface area contributed by atoms with Crippen molar-refractivity contribution in [3.05, 3.63) is 150 Å². The fraction of sp³-hybridized carbons (Fsp3) is 0.217. The third-order valence-corrected chi connectivity index (χ3v) is 11.9. The molecule has 2 heterocycles. The summed E-state index contributed by atoms with van der Waals surface area (Å²) < 4.78 is 0. The third kappa shape index (κ3) is 5.78. The van der Waals surface area contributed by atoms with Crippen LogP contribution in [0.3, 0.4) is 0 Å². The number of amides is 4. The van der Waals surface area contributed by atoms with Crippen molar-refractivity contribution in [2.75, 3.05) is 20.4 Å². The average molecular weight is 729 g/mol. The molecule has 9 rings (SSSR count). The minimum Gasteiger partial charge on any atom is -0.507 e. The molecule has 2 aliphatic carbocycles. The highest BCUT2D eigenvalue weighted by molar-refractivity contribution is 6.24. The summed E-state index contributed by atoms with van der Waals surface area (Å²) in [5.41, 5.74) is 7.55. The van der Waals surface area contributed by atoms with E-state index >= 15 is 0 Å². The van der Waals surface area contributed by atoms with Crippen molar-refractivity contribution in [2.45, 2.75) is 32.6 Å². The van der Waals surface area contributed by atoms with Gasteiger partial charge in [-0.3, -0.25) is 29.0 Å². The molecule has 0 unspecified atom stereocenters. The van der Waals surface area contributed by atoms with E-state index in [1.807, 2.05) is 111 Å². The number of para-hydroxylation sites is 2. The molecule has 1 saturated carbocycles. The van der Waals surface area contributed by atoms with Gasteiger partial charge in [0.15, 0.2) is 0 Å². The van der Waals surface area contributed by atoms with E-state index in [0.29, 0.717) is 28.9 Å². The zero-order valence-corrected chi connectivity index (χ0v) is 30.5. The van der Waals surface area contributed by atoms with Gasteiger partial charge in [0.25, 0.3) is 0 Å². The first-order chi connectivity index (χ1) is 26.7. The molecule has 3 N–H and O–H groups in total. The molecule has 0 bridgehead atoms. The Morgan fingerprint density at radius 3 is 1.51 bits per heavy atom. The lowest BCUT2D eigenvalue weighted by Gasteiger charge is -2.44. The number of benzene rings is 5. The summed E-state index contributed by atoms with van der Waals surface area (Å²) in [7, 11) is 0. The number of phenols is 1. The smallest absolute Gasteiger partial charge is 0.238 e. The molecule has 4 amide bonds. The summed E-state index contributed by atoms with van der Waals surface area (Å²) in [6.07, 6.45) is 2.69. The summed E-state index contributed by atoms with van der Waals surface area (Å²) >= 11 is 0. The lowest BCUT2D eigenvalue weighted by Crippen LogP contribution is -2.43. The molecular weight excluding hydrogens is 689 g/mol. The van der Waals surface area contributed by atoms with Crippen molar-refractivity contribution in [1.29, 1.82) is 0 Å². The number of hydrogen-bond acceptors (Lipinski definition) is 7. The van der Waals surface area contributed by atoms with Crippen molar-refractivity contribution in [1.82, 2.24) is 0 Å². The van der Waals surface area contributed by atoms with E-state index in [-0.39, 0.29) is 35.8 Å². The number of nitrogens with zero attached hydrogens (tertiary/aromatic N) is 2. The lowest BCUT2D eigenvalue weighted by molar-refractivity contribution is -0.126. The molecule has 2 aliphatic heterocycles. The SMILES string of the molecule is Cc1cc([C@H]2C3=CC[C@@H]4C(=O)N(c5ccc(Nc6ccccc6)cc5)C(=O)[C@@H]4[C@@H]3C[C@H]3C(=O)N(c4ccc(Nc5ccccc5)cc4)C(=O)[C@@H]23)cc(C)c1O. The second-order valence-corrected chi connectivity index (χ2v) is 15.1. The predicted molar refractivity (Wildman–Crippen MR) is 212 cm³/mol. The van der Waals surface area contributed by atoms with Gasteiger partial charge in [0, 0.05) is 28.7 Å². The monoisotopic (exact) mass is 728 g/mol. The Bertz CT molecular complexity index is 2350. The molecule has 0 aromatic heterocycles. The van der Waals surface area contributed by atoms with Crippen LogP contribution < -0.4 is 20.4 Å². The van der Waals surface area contributed by atoms with E-state index in [0.717, 1.165) is 33.9 Å². The standard InChI is InChI=1S/C46H40N4O5/c1-26-23-28(24-27(2)42(26)51)39-35-21-22-36-40(45(54)49(43(36)52)33-17-13-31(14-18-33)47-29-9-5-3-6-10-29)37(35)25-38-41(39)46(55)50(44(38)53)34-19-15-32(16-20-34)48-30-11-7-4-8-12-30/h3-21,23-24,36-41,47-48,51H,22,25H2,1-2H3/t36-,37+,38+,39-,40-,41+/m0/s1. The van der Waals surface area contributed by atoms with Gasteiger partial charge in [-0.15, -0.1) is 0 Å². The number of aromatic hydroxyl groups is 1. The van der Waals surface area contributed by atoms with Gasteiger partial charge in [-0.2, -0.15) is 0 Å². The largest absolute Gasteiger partial charge is 0.507 e. The van der Waals surface area contributed by atoms with Crippen LogP contribution in [0.25, 0.3) is 0 Å². The van der Waals surface area contributed by atoms with E-state index in [1.165, 1.54) is 9.80 Å². The molecule has 6 atom stereocenters. The maximum atomic E-state index is 14.6. The van der Waals surface area contributed by atoms with Gasteiger partial charge in [-0.1, -0.05) is 60.2 Å². The van der Waals surface area contributed by atoms with Gasteiger partial charge in [0.05, 0.1) is 35.0 Å². The first-order valence-electron chi connectivity index (χ1n) is 18.8. The van der Waals surface area contributed by atoms with Gasteiger partial charge in [0.1, 0.15) is 5.75 Å². The quantitative estimate of drug-likeness (QED) is 0.114. The number of rotatable bonds is 7. The first-order valence-corrected chi connectivity index (χ1v) is 18.8. The molecular formula is C46H40N4O5. The summed E-state index contributed by atoms with van der Waals surface area (Å²) in [6, 6.07) is 37.8. The number of anilines is 6. The molecule has 0 spiro atoms. The highest BCUT2D eigenvalue weighted by Crippen LogP contribution is 2.59. The number of carbonyl (C=O) groups is 4. The molecule has 5 aromatic carbocycles. The molecule has 4 aliphatic rings. The zero-order chi connectivity index (χ0) is 38.0. The Morgan fingerprint density at radius 2 is 1.00 bits per heavy atom. The highest BCUT2D eigenvalue weighted by Gasteiger charge is 2.62. The molecule has 274 valence electrons. The van der Waals surface area contributed by atoms with Gasteiger partial charge in [-0.25, -0.2) is 0 Å². The van der Waals surface area contributed by atoms with Crippen molar-refractivity contribution in [3.63, 3.8) is 0 Å². The predicted octanol–water partition coefficient (Wildman–Crippen LogP) is 8.54. The normalized spacial score (nSPS) is 24.3. The molecule has 9 heteroatoms. The Hall–Kier alpha value is -6.48. The fourth-order valence-corrected chi connectivity index (χ4v) is 9.41. The molecule has 3 fully saturated rings. The van der Waals surface area contributed by atoms with E-state index in [9.17, 15) is 24.3 Å². The number of nitrogens with one attached hydrogen (secondary N) is 2. The van der Waals surface area contributed by atoms with Crippen molar-refractivity contribution >= 4 is 57.8 Å². The lowest BCUT2D eigenvalue weighted by atomic mass is 9.57. The van der Waals surface area contributed by atoms with E-state index in [1.54, 1.807) is 24.3 Å². The maximum Gasteiger partial charge on any atom is 0.238 e. The van der Waals surface area contributed by atoms with Gasteiger partial charge >= 0.3 is 0 Å². The number of phenolic OH excluding ortho intramolecular Hbond substituents is 1. The Kier molecular flexibility index (Phi) is 8.37. The van der Waals surface area contributed by atoms with Crippen molar-refractivity contribution in [3.8, 4) is 5.75 Å². The van der Waals surface area contributed by atoms with Crippen LogP contribution in [0.5, 0.6) is 5.75 Å². The van der Waals surface area contributed by atoms with E-state index in [2.05, 4.69) is 16.7 Å². The van der Waals surface area contributed by atoms with E-state index in [4.69, 9.17) is 0 Å². The van der Waals surface area contributed by atoms with Crippen LogP contribution in [0.2, 0.25) is 0 Å². The molecule has 0 radical (unpaired) electrons. The second kappa shape index (κ2) is 13.4. The molecule has 2 saturated heterocycles. The van der Waals surface area contributed by atoms with Crippen LogP contribution >= 0.6 is 0 Å². The van der Waals surface area contributed by atoms with Crippen molar-refractivity contribution < 1.29 is 24.3 Å². The Labute approximate surface area is 319 Å². The number of carbonyl (C=O) groups excluding carboxylic acids is 4. The van der Waals surface area contributed by atoms with E-state index < -0.39 is 35.5 Å². The van der Waals surface area contributed by atoms with Crippen LogP contribution in [0.15, 0.2) is 133 Å². The van der Waals surface area contributed by atoms with Gasteiger partial charge in [-0.05, 0) is 122 Å². The summed E-state index contributed by atoms with van der Waals surface area (Å²) in [5, 5.41) is 17.4. The van der Waals surface area contributed by atoms with Crippen LogP contribution in [-0.4, -0.2) is 28.7 Å². The average Bonchev–Trinajstić information content (AvgIpc) is 3.60. The summed E-state index contributed by atoms with van der Waals surface area (Å²) in [6.45, 7) is 3.65. The maximum absolute atomic E-state index is 14.6. The first kappa shape index (κ1) is 34.3. The number of fused-ring (bicyclic) bond motifs is 4. The number of imide groups is 2. The highest BCUT2D eigenvalue weighted by atomic mass is 16.3. The third-order valence-electron chi connectivity index (χ3n) is 11.9. The molecule has 5 aromatic rings. The van der Waals surface area contributed by atoms with Crippen LogP contribution in [0.1, 0.15) is 35.4 Å². The summed E-state index contributed by atoms with van der Waals surface area (Å²) in [5.74, 6) is -4.50. The molecule has 55 heavy (non-hydrogen) atoms. The Morgan fingerprint density at radius 1 is 0.545 bits per heavy atom. The van der Waals surface area contributed by atoms with Gasteiger partial charge < -0.3 is 15.7 Å².